The smallest absolute Gasteiger partial charge is 0.387 e. The topological polar surface area (TPSA) is 88.1 Å². The van der Waals surface area contributed by atoms with Gasteiger partial charge in [-0.3, -0.25) is 4.79 Å². The summed E-state index contributed by atoms with van der Waals surface area (Å²) in [5.74, 6) is -0.285. The van der Waals surface area contributed by atoms with E-state index in [4.69, 9.17) is 0 Å². The first kappa shape index (κ1) is 20.0. The van der Waals surface area contributed by atoms with E-state index >= 15 is 0 Å². The monoisotopic (exact) mass is 411 g/mol. The van der Waals surface area contributed by atoms with Crippen molar-refractivity contribution < 1.29 is 26.7 Å². The number of benzene rings is 1. The van der Waals surface area contributed by atoms with E-state index in [1.54, 1.807) is 23.1 Å². The van der Waals surface area contributed by atoms with Crippen LogP contribution >= 0.6 is 0 Å². The maximum absolute atomic E-state index is 12.7. The van der Waals surface area contributed by atoms with Gasteiger partial charge in [0.25, 0.3) is 15.9 Å². The Labute approximate surface area is 161 Å². The van der Waals surface area contributed by atoms with E-state index in [0.717, 1.165) is 0 Å². The normalized spacial score (nSPS) is 18.8. The summed E-state index contributed by atoms with van der Waals surface area (Å²) in [6, 6.07) is 5.77. The number of amides is 1. The van der Waals surface area contributed by atoms with Gasteiger partial charge >= 0.3 is 6.61 Å². The number of fused-ring (bicyclic) bond motifs is 1. The zero-order chi connectivity index (χ0) is 20.3. The Morgan fingerprint density at radius 2 is 2.07 bits per heavy atom. The molecule has 3 rings (SSSR count). The maximum atomic E-state index is 12.7. The molecule has 1 atom stereocenters. The van der Waals surface area contributed by atoms with Gasteiger partial charge in [0.15, 0.2) is 0 Å². The second kappa shape index (κ2) is 8.09. The highest BCUT2D eigenvalue weighted by molar-refractivity contribution is 7.90. The summed E-state index contributed by atoms with van der Waals surface area (Å²) in [6.45, 7) is -0.952. The minimum Gasteiger partial charge on any atom is -0.434 e. The molecule has 150 valence electrons. The molecular formula is C18H19F2N3O4S. The number of carbonyl (C=O) groups excluding carboxylic acids is 1. The fourth-order valence-electron chi connectivity index (χ4n) is 2.95. The average Bonchev–Trinajstić information content (AvgIpc) is 2.65. The van der Waals surface area contributed by atoms with Crippen molar-refractivity contribution in [2.24, 2.45) is 4.40 Å². The van der Waals surface area contributed by atoms with Gasteiger partial charge in [0.05, 0.1) is 17.4 Å². The minimum atomic E-state index is -3.47. The van der Waals surface area contributed by atoms with Gasteiger partial charge in [-0.2, -0.15) is 8.78 Å². The minimum absolute atomic E-state index is 0.00784. The fraction of sp³-hybridized carbons (Fsp3) is 0.333. The van der Waals surface area contributed by atoms with Gasteiger partial charge in [-0.15, -0.1) is 4.40 Å². The second-order valence-corrected chi connectivity index (χ2v) is 7.95. The Morgan fingerprint density at radius 3 is 2.79 bits per heavy atom. The van der Waals surface area contributed by atoms with Gasteiger partial charge < -0.3 is 15.0 Å². The maximum Gasteiger partial charge on any atom is 0.387 e. The first-order valence-electron chi connectivity index (χ1n) is 8.63. The summed E-state index contributed by atoms with van der Waals surface area (Å²) in [5, 5.41) is 2.81. The molecule has 0 spiro atoms. The molecule has 2 heterocycles. The first-order chi connectivity index (χ1) is 13.3. The van der Waals surface area contributed by atoms with Crippen LogP contribution in [0.2, 0.25) is 0 Å². The standard InChI is InChI=1S/C18H19F2N3O4S/c1-2-14(13-5-3-4-6-15(13)27-18(19)20)21-17(24)12-7-8-16-22-28(25,26)10-9-23(16)11-12/h3-8,11,14,18H,2,9-10H2,1H3,(H,21,24). The van der Waals surface area contributed by atoms with Crippen LogP contribution in [0.3, 0.4) is 0 Å². The van der Waals surface area contributed by atoms with Gasteiger partial charge in [0.2, 0.25) is 0 Å². The number of amidine groups is 1. The highest BCUT2D eigenvalue weighted by atomic mass is 32.2. The highest BCUT2D eigenvalue weighted by Crippen LogP contribution is 2.29. The van der Waals surface area contributed by atoms with Crippen molar-refractivity contribution in [3.05, 3.63) is 53.8 Å². The molecule has 2 aliphatic heterocycles. The Hall–Kier alpha value is -2.75. The number of alkyl halides is 2. The number of halogens is 2. The van der Waals surface area contributed by atoms with Crippen LogP contribution in [-0.2, 0) is 14.8 Å². The van der Waals surface area contributed by atoms with Crippen molar-refractivity contribution in [3.63, 3.8) is 0 Å². The molecular weight excluding hydrogens is 392 g/mol. The molecule has 0 bridgehead atoms. The number of para-hydroxylation sites is 1. The fourth-order valence-corrected chi connectivity index (χ4v) is 3.92. The first-order valence-corrected chi connectivity index (χ1v) is 10.2. The lowest BCUT2D eigenvalue weighted by molar-refractivity contribution is -0.118. The number of sulfonamides is 1. The van der Waals surface area contributed by atoms with Crippen LogP contribution in [0.4, 0.5) is 8.78 Å². The number of carbonyl (C=O) groups is 1. The molecule has 1 N–H and O–H groups in total. The molecule has 1 aromatic carbocycles. The predicted octanol–water partition coefficient (Wildman–Crippen LogP) is 2.35. The van der Waals surface area contributed by atoms with Gasteiger partial charge in [0.1, 0.15) is 11.6 Å². The van der Waals surface area contributed by atoms with Crippen LogP contribution in [0.25, 0.3) is 0 Å². The Balaban J connectivity index is 1.78. The molecule has 1 unspecified atom stereocenters. The van der Waals surface area contributed by atoms with E-state index in [9.17, 15) is 22.0 Å². The largest absolute Gasteiger partial charge is 0.434 e. The van der Waals surface area contributed by atoms with Crippen molar-refractivity contribution in [1.82, 2.24) is 10.2 Å². The van der Waals surface area contributed by atoms with Gasteiger partial charge in [0, 0.05) is 18.3 Å². The molecule has 1 amide bonds. The summed E-state index contributed by atoms with van der Waals surface area (Å²) in [4.78, 5) is 14.3. The van der Waals surface area contributed by atoms with Crippen LogP contribution in [0.5, 0.6) is 5.75 Å². The SMILES string of the molecule is CCC(NC(=O)C1=CN2CCS(=O)(=O)N=C2C=C1)c1ccccc1OC(F)F. The van der Waals surface area contributed by atoms with E-state index in [2.05, 4.69) is 14.5 Å². The molecule has 7 nitrogen and oxygen atoms in total. The lowest BCUT2D eigenvalue weighted by Crippen LogP contribution is -2.38. The Kier molecular flexibility index (Phi) is 5.78. The zero-order valence-electron chi connectivity index (χ0n) is 15.0. The van der Waals surface area contributed by atoms with Crippen LogP contribution in [-0.4, -0.2) is 44.0 Å². The average molecular weight is 411 g/mol. The molecule has 0 fully saturated rings. The molecule has 0 radical (unpaired) electrons. The van der Waals surface area contributed by atoms with Crippen molar-refractivity contribution in [2.75, 3.05) is 12.3 Å². The van der Waals surface area contributed by atoms with E-state index in [1.807, 2.05) is 6.92 Å². The molecule has 0 aliphatic carbocycles. The molecule has 1 aromatic rings. The van der Waals surface area contributed by atoms with Crippen LogP contribution in [0, 0.1) is 0 Å². The summed E-state index contributed by atoms with van der Waals surface area (Å²) >= 11 is 0. The van der Waals surface area contributed by atoms with Crippen molar-refractivity contribution in [2.45, 2.75) is 26.0 Å². The number of hydrogen-bond donors (Lipinski definition) is 1. The lowest BCUT2D eigenvalue weighted by Gasteiger charge is -2.27. The second-order valence-electron chi connectivity index (χ2n) is 6.20. The van der Waals surface area contributed by atoms with Gasteiger partial charge in [-0.1, -0.05) is 25.1 Å². The third-order valence-corrected chi connectivity index (χ3v) is 5.47. The summed E-state index contributed by atoms with van der Waals surface area (Å²) in [6.07, 6.45) is 4.92. The van der Waals surface area contributed by atoms with Crippen LogP contribution in [0.1, 0.15) is 24.9 Å². The number of nitrogens with zero attached hydrogens (tertiary/aromatic N) is 2. The van der Waals surface area contributed by atoms with E-state index in [1.165, 1.54) is 24.4 Å². The molecule has 0 saturated carbocycles. The van der Waals surface area contributed by atoms with Gasteiger partial charge in [-0.05, 0) is 24.6 Å². The molecule has 0 saturated heterocycles. The zero-order valence-corrected chi connectivity index (χ0v) is 15.8. The van der Waals surface area contributed by atoms with E-state index in [-0.39, 0.29) is 23.9 Å². The quantitative estimate of drug-likeness (QED) is 0.776. The molecule has 0 aromatic heterocycles. The van der Waals surface area contributed by atoms with Crippen LogP contribution < -0.4 is 10.1 Å². The van der Waals surface area contributed by atoms with E-state index < -0.39 is 28.6 Å². The third kappa shape index (κ3) is 4.56. The molecule has 28 heavy (non-hydrogen) atoms. The van der Waals surface area contributed by atoms with Gasteiger partial charge in [-0.25, -0.2) is 8.42 Å². The number of hydrogen-bond acceptors (Lipinski definition) is 5. The van der Waals surface area contributed by atoms with Crippen molar-refractivity contribution >= 4 is 21.8 Å². The predicted molar refractivity (Wildman–Crippen MR) is 99.4 cm³/mol. The summed E-state index contributed by atoms with van der Waals surface area (Å²) in [5.41, 5.74) is 0.759. The molecule has 2 aliphatic rings. The van der Waals surface area contributed by atoms with Crippen LogP contribution in [0.15, 0.2) is 52.6 Å². The van der Waals surface area contributed by atoms with Crippen molar-refractivity contribution in [3.8, 4) is 5.75 Å². The lowest BCUT2D eigenvalue weighted by atomic mass is 10.0. The Morgan fingerprint density at radius 1 is 1.32 bits per heavy atom. The summed E-state index contributed by atoms with van der Waals surface area (Å²) in [7, 11) is -3.47. The van der Waals surface area contributed by atoms with Crippen molar-refractivity contribution in [1.29, 1.82) is 0 Å². The molecule has 10 heteroatoms. The third-order valence-electron chi connectivity index (χ3n) is 4.31. The number of ether oxygens (including phenoxy) is 1. The highest BCUT2D eigenvalue weighted by Gasteiger charge is 2.26. The van der Waals surface area contributed by atoms with E-state index in [0.29, 0.717) is 17.6 Å². The summed E-state index contributed by atoms with van der Waals surface area (Å²) < 4.78 is 56.6. The number of rotatable bonds is 6. The Bertz CT molecular complexity index is 957. The number of nitrogens with one attached hydrogen (secondary N) is 1.